The smallest absolute Gasteiger partial charge is 0.0253 e. The SMILES string of the molecule is NC1CCCC1N(Cc1ccsc1)C1CC1. The van der Waals surface area contributed by atoms with Crippen LogP contribution in [0, 0.1) is 0 Å². The zero-order valence-electron chi connectivity index (χ0n) is 9.64. The van der Waals surface area contributed by atoms with E-state index in [0.717, 1.165) is 12.6 Å². The van der Waals surface area contributed by atoms with Gasteiger partial charge in [0.25, 0.3) is 0 Å². The molecule has 16 heavy (non-hydrogen) atoms. The maximum absolute atomic E-state index is 6.24. The molecule has 0 radical (unpaired) electrons. The van der Waals surface area contributed by atoms with E-state index in [-0.39, 0.29) is 0 Å². The second-order valence-corrected chi connectivity index (χ2v) is 5.98. The predicted molar refractivity (Wildman–Crippen MR) is 68.5 cm³/mol. The summed E-state index contributed by atoms with van der Waals surface area (Å²) in [5, 5.41) is 4.45. The van der Waals surface area contributed by atoms with E-state index in [9.17, 15) is 0 Å². The maximum Gasteiger partial charge on any atom is 0.0253 e. The van der Waals surface area contributed by atoms with Gasteiger partial charge in [0.15, 0.2) is 0 Å². The zero-order valence-corrected chi connectivity index (χ0v) is 10.5. The third-order valence-corrected chi connectivity index (χ3v) is 4.65. The summed E-state index contributed by atoms with van der Waals surface area (Å²) in [6.45, 7) is 1.12. The van der Waals surface area contributed by atoms with Crippen molar-refractivity contribution in [3.63, 3.8) is 0 Å². The minimum atomic E-state index is 0.416. The van der Waals surface area contributed by atoms with Crippen molar-refractivity contribution < 1.29 is 0 Å². The summed E-state index contributed by atoms with van der Waals surface area (Å²) in [6.07, 6.45) is 6.61. The average Bonchev–Trinajstić information content (AvgIpc) is 2.82. The van der Waals surface area contributed by atoms with E-state index in [0.29, 0.717) is 12.1 Å². The van der Waals surface area contributed by atoms with E-state index >= 15 is 0 Å². The van der Waals surface area contributed by atoms with Gasteiger partial charge >= 0.3 is 0 Å². The lowest BCUT2D eigenvalue weighted by molar-refractivity contribution is 0.166. The number of nitrogens with zero attached hydrogens (tertiary/aromatic N) is 1. The molecule has 2 nitrogen and oxygen atoms in total. The van der Waals surface area contributed by atoms with Crippen molar-refractivity contribution in [1.29, 1.82) is 0 Å². The van der Waals surface area contributed by atoms with Gasteiger partial charge < -0.3 is 5.73 Å². The molecule has 2 aliphatic carbocycles. The van der Waals surface area contributed by atoms with Crippen LogP contribution in [-0.2, 0) is 6.54 Å². The van der Waals surface area contributed by atoms with Gasteiger partial charge in [-0.3, -0.25) is 4.90 Å². The molecule has 1 aromatic heterocycles. The lowest BCUT2D eigenvalue weighted by Crippen LogP contribution is -2.45. The van der Waals surface area contributed by atoms with Crippen molar-refractivity contribution in [3.8, 4) is 0 Å². The van der Waals surface area contributed by atoms with Crippen molar-refractivity contribution in [1.82, 2.24) is 4.90 Å². The van der Waals surface area contributed by atoms with Crippen LogP contribution in [0.25, 0.3) is 0 Å². The number of hydrogen-bond acceptors (Lipinski definition) is 3. The highest BCUT2D eigenvalue weighted by Gasteiger charge is 2.38. The minimum absolute atomic E-state index is 0.416. The number of rotatable bonds is 4. The minimum Gasteiger partial charge on any atom is -0.326 e. The van der Waals surface area contributed by atoms with E-state index in [1.54, 1.807) is 11.3 Å². The summed E-state index contributed by atoms with van der Waals surface area (Å²) >= 11 is 1.80. The summed E-state index contributed by atoms with van der Waals surface area (Å²) in [6, 6.07) is 4.14. The van der Waals surface area contributed by atoms with Gasteiger partial charge in [-0.2, -0.15) is 11.3 Å². The molecule has 0 saturated heterocycles. The molecule has 2 atom stereocenters. The molecule has 0 amide bonds. The molecule has 3 heteroatoms. The zero-order chi connectivity index (χ0) is 11.0. The molecule has 0 spiro atoms. The topological polar surface area (TPSA) is 29.3 Å². The van der Waals surface area contributed by atoms with Crippen LogP contribution in [0.1, 0.15) is 37.7 Å². The van der Waals surface area contributed by atoms with Crippen molar-refractivity contribution in [2.24, 2.45) is 5.73 Å². The number of thiophene rings is 1. The summed E-state index contributed by atoms with van der Waals surface area (Å²) in [5.41, 5.74) is 7.70. The van der Waals surface area contributed by atoms with Crippen LogP contribution in [0.15, 0.2) is 16.8 Å². The lowest BCUT2D eigenvalue weighted by atomic mass is 10.1. The molecule has 0 aliphatic heterocycles. The van der Waals surface area contributed by atoms with Crippen LogP contribution >= 0.6 is 11.3 Å². The molecule has 2 saturated carbocycles. The van der Waals surface area contributed by atoms with Crippen molar-refractivity contribution in [3.05, 3.63) is 22.4 Å². The lowest BCUT2D eigenvalue weighted by Gasteiger charge is -2.31. The van der Waals surface area contributed by atoms with Gasteiger partial charge in [0.1, 0.15) is 0 Å². The Morgan fingerprint density at radius 3 is 2.75 bits per heavy atom. The van der Waals surface area contributed by atoms with Crippen LogP contribution < -0.4 is 5.73 Å². The average molecular weight is 236 g/mol. The Hall–Kier alpha value is -0.380. The fraction of sp³-hybridized carbons (Fsp3) is 0.692. The van der Waals surface area contributed by atoms with E-state index in [4.69, 9.17) is 5.73 Å². The van der Waals surface area contributed by atoms with Gasteiger partial charge in [-0.15, -0.1) is 0 Å². The normalized spacial score (nSPS) is 30.1. The Kier molecular flexibility index (Phi) is 3.01. The second kappa shape index (κ2) is 4.47. The Bertz CT molecular complexity index is 332. The summed E-state index contributed by atoms with van der Waals surface area (Å²) in [5.74, 6) is 0. The summed E-state index contributed by atoms with van der Waals surface area (Å²) in [7, 11) is 0. The van der Waals surface area contributed by atoms with Gasteiger partial charge in [-0.25, -0.2) is 0 Å². The van der Waals surface area contributed by atoms with Gasteiger partial charge in [0.2, 0.25) is 0 Å². The highest BCUT2D eigenvalue weighted by atomic mass is 32.1. The standard InChI is InChI=1S/C13H20N2S/c14-12-2-1-3-13(12)15(11-4-5-11)8-10-6-7-16-9-10/h6-7,9,11-13H,1-5,8,14H2. The van der Waals surface area contributed by atoms with Crippen LogP contribution in [-0.4, -0.2) is 23.0 Å². The van der Waals surface area contributed by atoms with E-state index in [2.05, 4.69) is 21.7 Å². The predicted octanol–water partition coefficient (Wildman–Crippen LogP) is 2.59. The van der Waals surface area contributed by atoms with Crippen LogP contribution in [0.4, 0.5) is 0 Å². The molecule has 2 aliphatic rings. The molecule has 88 valence electrons. The van der Waals surface area contributed by atoms with E-state index in [1.165, 1.54) is 37.7 Å². The molecular weight excluding hydrogens is 216 g/mol. The number of hydrogen-bond donors (Lipinski definition) is 1. The molecule has 0 bridgehead atoms. The van der Waals surface area contributed by atoms with Crippen molar-refractivity contribution in [2.45, 2.75) is 56.8 Å². The van der Waals surface area contributed by atoms with Gasteiger partial charge in [0, 0.05) is 24.7 Å². The van der Waals surface area contributed by atoms with Crippen molar-refractivity contribution in [2.75, 3.05) is 0 Å². The Balaban J connectivity index is 1.71. The molecule has 1 aromatic rings. The van der Waals surface area contributed by atoms with E-state index in [1.807, 2.05) is 0 Å². The van der Waals surface area contributed by atoms with Crippen LogP contribution in [0.5, 0.6) is 0 Å². The van der Waals surface area contributed by atoms with Crippen molar-refractivity contribution >= 4 is 11.3 Å². The highest BCUT2D eigenvalue weighted by molar-refractivity contribution is 7.07. The molecule has 3 rings (SSSR count). The molecular formula is C13H20N2S. The summed E-state index contributed by atoms with van der Waals surface area (Å²) < 4.78 is 0. The third-order valence-electron chi connectivity index (χ3n) is 3.92. The Labute approximate surface area is 101 Å². The molecule has 1 heterocycles. The highest BCUT2D eigenvalue weighted by Crippen LogP contribution is 2.35. The molecule has 2 N–H and O–H groups in total. The first-order chi connectivity index (χ1) is 7.84. The Morgan fingerprint density at radius 2 is 2.19 bits per heavy atom. The van der Waals surface area contributed by atoms with Gasteiger partial charge in [-0.05, 0) is 48.1 Å². The second-order valence-electron chi connectivity index (χ2n) is 5.20. The van der Waals surface area contributed by atoms with Crippen LogP contribution in [0.3, 0.4) is 0 Å². The maximum atomic E-state index is 6.24. The first kappa shape index (κ1) is 10.8. The molecule has 2 fully saturated rings. The molecule has 0 aromatic carbocycles. The van der Waals surface area contributed by atoms with Gasteiger partial charge in [0.05, 0.1) is 0 Å². The Morgan fingerprint density at radius 1 is 1.31 bits per heavy atom. The summed E-state index contributed by atoms with van der Waals surface area (Å²) in [4.78, 5) is 2.68. The fourth-order valence-corrected chi connectivity index (χ4v) is 3.56. The molecule has 2 unspecified atom stereocenters. The number of nitrogens with two attached hydrogens (primary N) is 1. The first-order valence-electron chi connectivity index (χ1n) is 6.37. The van der Waals surface area contributed by atoms with Gasteiger partial charge in [-0.1, -0.05) is 6.42 Å². The third kappa shape index (κ3) is 2.17. The largest absolute Gasteiger partial charge is 0.326 e. The quantitative estimate of drug-likeness (QED) is 0.870. The van der Waals surface area contributed by atoms with Crippen LogP contribution in [0.2, 0.25) is 0 Å². The first-order valence-corrected chi connectivity index (χ1v) is 7.31. The van der Waals surface area contributed by atoms with E-state index < -0.39 is 0 Å². The fourth-order valence-electron chi connectivity index (χ4n) is 2.90. The monoisotopic (exact) mass is 236 g/mol.